The van der Waals surface area contributed by atoms with Crippen LogP contribution in [0.15, 0.2) is 30.3 Å². The predicted octanol–water partition coefficient (Wildman–Crippen LogP) is 3.01. The Morgan fingerprint density at radius 2 is 1.75 bits per heavy atom. The van der Waals surface area contributed by atoms with Gasteiger partial charge in [0.2, 0.25) is 5.91 Å². The van der Waals surface area contributed by atoms with Crippen LogP contribution in [0.3, 0.4) is 0 Å². The van der Waals surface area contributed by atoms with Crippen molar-refractivity contribution in [2.45, 2.75) is 51.9 Å². The van der Waals surface area contributed by atoms with Crippen LogP contribution in [0.1, 0.15) is 52.4 Å². The van der Waals surface area contributed by atoms with Gasteiger partial charge in [0.1, 0.15) is 0 Å². The third kappa shape index (κ3) is 10.8. The molecule has 1 rings (SSSR count). The quantitative estimate of drug-likeness (QED) is 0.515. The number of hydrogen-bond donors (Lipinski definition) is 3. The standard InChI is InChI=1S/C19H31N3O2/c1-2-3-4-5-6-10-14-21-19(24)22-18(23)16-20-15-13-17-11-8-7-9-12-17/h7-9,11-12,20H,2-6,10,13-16H2,1H3,(H2,21,22,23,24)/i15D/t15-/m1/s1. The minimum absolute atomic E-state index is 0.0502. The number of carbonyl (C=O) groups is 2. The first-order chi connectivity index (χ1) is 12.1. The second-order valence-corrected chi connectivity index (χ2v) is 5.85. The van der Waals surface area contributed by atoms with Crippen molar-refractivity contribution in [3.63, 3.8) is 0 Å². The lowest BCUT2D eigenvalue weighted by Crippen LogP contribution is -2.43. The van der Waals surface area contributed by atoms with Gasteiger partial charge in [0, 0.05) is 7.92 Å². The third-order valence-electron chi connectivity index (χ3n) is 3.66. The molecule has 0 aliphatic heterocycles. The number of urea groups is 1. The average molecular weight is 334 g/mol. The molecule has 0 radical (unpaired) electrons. The summed E-state index contributed by atoms with van der Waals surface area (Å²) in [5, 5.41) is 7.77. The first kappa shape index (κ1) is 18.5. The summed E-state index contributed by atoms with van der Waals surface area (Å²) in [6.07, 6.45) is 7.44. The predicted molar refractivity (Wildman–Crippen MR) is 97.9 cm³/mol. The molecule has 0 saturated heterocycles. The zero-order valence-electron chi connectivity index (χ0n) is 15.6. The summed E-state index contributed by atoms with van der Waals surface area (Å²) < 4.78 is 7.90. The minimum Gasteiger partial charge on any atom is -0.338 e. The number of unbranched alkanes of at least 4 members (excludes halogenated alkanes) is 5. The zero-order chi connectivity index (χ0) is 18.3. The summed E-state index contributed by atoms with van der Waals surface area (Å²) in [7, 11) is 0. The van der Waals surface area contributed by atoms with E-state index in [2.05, 4.69) is 22.9 Å². The number of hydrogen-bond acceptors (Lipinski definition) is 3. The molecular formula is C19H31N3O2. The molecule has 0 spiro atoms. The fraction of sp³-hybridized carbons (Fsp3) is 0.579. The highest BCUT2D eigenvalue weighted by Crippen LogP contribution is 2.03. The Morgan fingerprint density at radius 1 is 1.04 bits per heavy atom. The van der Waals surface area contributed by atoms with Crippen molar-refractivity contribution in [2.75, 3.05) is 19.6 Å². The fourth-order valence-electron chi connectivity index (χ4n) is 2.29. The SMILES string of the molecule is [2H][C@H](Cc1ccccc1)NCC(=O)NC(=O)NCCCCCCCC. The van der Waals surface area contributed by atoms with E-state index in [0.717, 1.165) is 18.4 Å². The maximum absolute atomic E-state index is 11.7. The zero-order valence-corrected chi connectivity index (χ0v) is 14.6. The molecule has 3 N–H and O–H groups in total. The number of benzene rings is 1. The van der Waals surface area contributed by atoms with Crippen LogP contribution in [0.2, 0.25) is 0 Å². The normalized spacial score (nSPS) is 12.3. The summed E-state index contributed by atoms with van der Waals surface area (Å²) >= 11 is 0. The van der Waals surface area contributed by atoms with E-state index in [1.165, 1.54) is 25.7 Å². The van der Waals surface area contributed by atoms with E-state index in [0.29, 0.717) is 13.0 Å². The molecule has 0 aromatic heterocycles. The summed E-state index contributed by atoms with van der Waals surface area (Å²) in [4.78, 5) is 23.3. The van der Waals surface area contributed by atoms with Crippen LogP contribution in [0.5, 0.6) is 0 Å². The van der Waals surface area contributed by atoms with Gasteiger partial charge < -0.3 is 10.6 Å². The number of nitrogens with one attached hydrogen (secondary N) is 3. The highest BCUT2D eigenvalue weighted by molar-refractivity contribution is 5.95. The van der Waals surface area contributed by atoms with Crippen molar-refractivity contribution >= 4 is 11.9 Å². The van der Waals surface area contributed by atoms with Gasteiger partial charge in [0.15, 0.2) is 0 Å². The van der Waals surface area contributed by atoms with E-state index < -0.39 is 18.5 Å². The average Bonchev–Trinajstić information content (AvgIpc) is 2.60. The Kier molecular flexibility index (Phi) is 10.4. The van der Waals surface area contributed by atoms with E-state index >= 15 is 0 Å². The monoisotopic (exact) mass is 334 g/mol. The molecule has 1 atom stereocenters. The smallest absolute Gasteiger partial charge is 0.321 e. The molecule has 0 heterocycles. The lowest BCUT2D eigenvalue weighted by atomic mass is 10.1. The molecule has 5 heteroatoms. The fourth-order valence-corrected chi connectivity index (χ4v) is 2.29. The van der Waals surface area contributed by atoms with Crippen LogP contribution in [-0.2, 0) is 11.2 Å². The first-order valence-electron chi connectivity index (χ1n) is 9.46. The summed E-state index contributed by atoms with van der Waals surface area (Å²) in [6.45, 7) is 2.13. The molecule has 3 amide bonds. The Labute approximate surface area is 147 Å². The summed E-state index contributed by atoms with van der Waals surface area (Å²) in [5.41, 5.74) is 1.03. The molecule has 5 nitrogen and oxygen atoms in total. The molecule has 0 saturated carbocycles. The van der Waals surface area contributed by atoms with E-state index in [4.69, 9.17) is 1.37 Å². The maximum atomic E-state index is 11.7. The van der Waals surface area contributed by atoms with Gasteiger partial charge in [-0.2, -0.15) is 0 Å². The number of imide groups is 1. The second kappa shape index (κ2) is 13.5. The lowest BCUT2D eigenvalue weighted by molar-refractivity contribution is -0.119. The minimum atomic E-state index is -0.584. The topological polar surface area (TPSA) is 70.2 Å². The molecular weight excluding hydrogens is 302 g/mol. The number of carbonyl (C=O) groups excluding carboxylic acids is 2. The maximum Gasteiger partial charge on any atom is 0.321 e. The van der Waals surface area contributed by atoms with Crippen molar-refractivity contribution in [3.8, 4) is 0 Å². The summed E-state index contributed by atoms with van der Waals surface area (Å²) in [6, 6.07) is 9.18. The van der Waals surface area contributed by atoms with Gasteiger partial charge >= 0.3 is 6.03 Å². The number of aryl methyl sites for hydroxylation is 1. The molecule has 1 aromatic rings. The number of amides is 3. The van der Waals surface area contributed by atoms with Crippen molar-refractivity contribution < 1.29 is 11.0 Å². The van der Waals surface area contributed by atoms with Gasteiger partial charge in [-0.3, -0.25) is 10.1 Å². The van der Waals surface area contributed by atoms with Crippen molar-refractivity contribution in [1.29, 1.82) is 0 Å². The van der Waals surface area contributed by atoms with Crippen molar-refractivity contribution in [2.24, 2.45) is 0 Å². The summed E-state index contributed by atoms with van der Waals surface area (Å²) in [5.74, 6) is -0.425. The van der Waals surface area contributed by atoms with Crippen LogP contribution in [0.4, 0.5) is 4.79 Å². The molecule has 0 unspecified atom stereocenters. The van der Waals surface area contributed by atoms with Gasteiger partial charge in [-0.15, -0.1) is 0 Å². The highest BCUT2D eigenvalue weighted by atomic mass is 16.2. The third-order valence-corrected chi connectivity index (χ3v) is 3.66. The van der Waals surface area contributed by atoms with Crippen molar-refractivity contribution in [3.05, 3.63) is 35.9 Å². The molecule has 0 aliphatic rings. The molecule has 134 valence electrons. The Morgan fingerprint density at radius 3 is 2.50 bits per heavy atom. The van der Waals surface area contributed by atoms with E-state index in [9.17, 15) is 9.59 Å². The van der Waals surface area contributed by atoms with E-state index in [1.807, 2.05) is 30.3 Å². The largest absolute Gasteiger partial charge is 0.338 e. The Bertz CT molecular complexity index is 497. The van der Waals surface area contributed by atoms with Gasteiger partial charge in [0.05, 0.1) is 6.54 Å². The van der Waals surface area contributed by atoms with Crippen LogP contribution in [-0.4, -0.2) is 31.5 Å². The van der Waals surface area contributed by atoms with Crippen molar-refractivity contribution in [1.82, 2.24) is 16.0 Å². The molecule has 0 fully saturated rings. The van der Waals surface area contributed by atoms with Gasteiger partial charge in [-0.25, -0.2) is 4.79 Å². The van der Waals surface area contributed by atoms with E-state index in [-0.39, 0.29) is 6.54 Å². The molecule has 1 aromatic carbocycles. The molecule has 0 bridgehead atoms. The van der Waals surface area contributed by atoms with Crippen LogP contribution >= 0.6 is 0 Å². The van der Waals surface area contributed by atoms with Crippen LogP contribution in [0.25, 0.3) is 0 Å². The van der Waals surface area contributed by atoms with Gasteiger partial charge in [-0.05, 0) is 24.9 Å². The van der Waals surface area contributed by atoms with Gasteiger partial charge in [-0.1, -0.05) is 69.4 Å². The lowest BCUT2D eigenvalue weighted by Gasteiger charge is -2.08. The Balaban J connectivity index is 2.06. The first-order valence-corrected chi connectivity index (χ1v) is 8.89. The molecule has 24 heavy (non-hydrogen) atoms. The van der Waals surface area contributed by atoms with Gasteiger partial charge in [0.25, 0.3) is 0 Å². The second-order valence-electron chi connectivity index (χ2n) is 5.85. The van der Waals surface area contributed by atoms with E-state index in [1.54, 1.807) is 0 Å². The Hall–Kier alpha value is -1.88. The number of rotatable bonds is 12. The highest BCUT2D eigenvalue weighted by Gasteiger charge is 2.06. The van der Waals surface area contributed by atoms with Crippen LogP contribution < -0.4 is 16.0 Å². The van der Waals surface area contributed by atoms with Crippen LogP contribution in [0, 0.1) is 0 Å². The molecule has 0 aliphatic carbocycles.